The number of halogens is 1. The van der Waals surface area contributed by atoms with Crippen LogP contribution in [0.15, 0.2) is 41.4 Å². The summed E-state index contributed by atoms with van der Waals surface area (Å²) in [5, 5.41) is 35.1. The molecule has 9 heteroatoms. The molecular weight excluding hydrogens is 478 g/mol. The number of carbonyl (C=O) groups is 1. The smallest absolute Gasteiger partial charge is 0.134 e. The normalized spacial score (nSPS) is 16.9. The molecule has 1 heterocycles. The molecule has 8 nitrogen and oxygen atoms in total. The van der Waals surface area contributed by atoms with Crippen LogP contribution in [-0.2, 0) is 11.3 Å². The van der Waals surface area contributed by atoms with Crippen LogP contribution >= 0.6 is 11.6 Å². The number of piperidine rings is 1. The standard InChI is InChI=1S/C26H28ClN5O2.CH4O/c27-22-12-18(2-4-23(22)34)16-31-24(29)21-11-17(15-28)1-3-20(21)25(30)32-8-6-26(7-9-32)13-19(14-26)5-10-33;1-2/h1-4,10-12,19,30,34H,5-9,13-14,16H2,(H2,29,31);2H,1H3. The number of rotatable bonds is 6. The third-order valence-electron chi connectivity index (χ3n) is 7.14. The Kier molecular flexibility index (Phi) is 9.08. The van der Waals surface area contributed by atoms with Crippen LogP contribution in [0.25, 0.3) is 0 Å². The molecule has 1 aliphatic carbocycles. The van der Waals surface area contributed by atoms with Crippen LogP contribution in [0.2, 0.25) is 5.02 Å². The number of aliphatic imine (C=N–C) groups is 1. The molecule has 0 amide bonds. The molecule has 1 aliphatic heterocycles. The zero-order chi connectivity index (χ0) is 26.3. The average molecular weight is 510 g/mol. The summed E-state index contributed by atoms with van der Waals surface area (Å²) in [6.45, 7) is 1.83. The number of aromatic hydroxyl groups is 1. The highest BCUT2D eigenvalue weighted by Gasteiger charge is 2.45. The first-order valence-corrected chi connectivity index (χ1v) is 12.3. The van der Waals surface area contributed by atoms with E-state index in [0.29, 0.717) is 40.3 Å². The molecule has 0 atom stereocenters. The minimum Gasteiger partial charge on any atom is -0.506 e. The van der Waals surface area contributed by atoms with Gasteiger partial charge < -0.3 is 25.6 Å². The number of aliphatic hydroxyl groups excluding tert-OH is 1. The van der Waals surface area contributed by atoms with Crippen molar-refractivity contribution in [3.05, 3.63) is 63.7 Å². The van der Waals surface area contributed by atoms with E-state index in [1.54, 1.807) is 30.3 Å². The zero-order valence-electron chi connectivity index (χ0n) is 20.4. The van der Waals surface area contributed by atoms with Crippen molar-refractivity contribution in [1.82, 2.24) is 4.90 Å². The summed E-state index contributed by atoms with van der Waals surface area (Å²) in [5.41, 5.74) is 9.10. The fourth-order valence-electron chi connectivity index (χ4n) is 5.19. The Morgan fingerprint density at radius 1 is 1.25 bits per heavy atom. The van der Waals surface area contributed by atoms with Crippen molar-refractivity contribution in [2.75, 3.05) is 20.2 Å². The number of amidine groups is 2. The van der Waals surface area contributed by atoms with Crippen LogP contribution in [0.5, 0.6) is 5.75 Å². The van der Waals surface area contributed by atoms with Gasteiger partial charge in [0.15, 0.2) is 0 Å². The Hall–Kier alpha value is -3.41. The van der Waals surface area contributed by atoms with Gasteiger partial charge in [-0.05, 0) is 72.9 Å². The maximum atomic E-state index is 10.8. The number of nitriles is 1. The third kappa shape index (κ3) is 6.04. The fraction of sp³-hybridized carbons (Fsp3) is 0.407. The number of phenolic OH excluding ortho intramolecular Hbond substituents is 1. The molecular formula is C27H32ClN5O3. The number of benzene rings is 2. The van der Waals surface area contributed by atoms with E-state index in [4.69, 9.17) is 27.9 Å². The Balaban J connectivity index is 0.00000176. The lowest BCUT2D eigenvalue weighted by Gasteiger charge is -2.52. The Morgan fingerprint density at radius 3 is 2.56 bits per heavy atom. The number of carbonyl (C=O) groups excluding carboxylic acids is 1. The molecule has 1 spiro atoms. The van der Waals surface area contributed by atoms with Gasteiger partial charge in [0.1, 0.15) is 23.7 Å². The lowest BCUT2D eigenvalue weighted by Crippen LogP contribution is -2.49. The van der Waals surface area contributed by atoms with E-state index in [9.17, 15) is 15.2 Å². The highest BCUT2D eigenvalue weighted by Crippen LogP contribution is 2.53. The first-order valence-electron chi connectivity index (χ1n) is 11.9. The summed E-state index contributed by atoms with van der Waals surface area (Å²) < 4.78 is 0. The zero-order valence-corrected chi connectivity index (χ0v) is 21.1. The molecule has 0 bridgehead atoms. The summed E-state index contributed by atoms with van der Waals surface area (Å²) in [6, 6.07) is 12.1. The van der Waals surface area contributed by atoms with Gasteiger partial charge in [0.25, 0.3) is 0 Å². The molecule has 2 aliphatic rings. The van der Waals surface area contributed by atoms with Gasteiger partial charge in [-0.25, -0.2) is 0 Å². The molecule has 5 N–H and O–H groups in total. The number of nitrogens with two attached hydrogens (primary N) is 1. The molecule has 0 unspecified atom stereocenters. The van der Waals surface area contributed by atoms with E-state index in [1.807, 2.05) is 0 Å². The molecule has 1 saturated carbocycles. The molecule has 190 valence electrons. The molecule has 4 rings (SSSR count). The fourth-order valence-corrected chi connectivity index (χ4v) is 5.40. The first kappa shape index (κ1) is 27.2. The number of aldehydes is 1. The highest BCUT2D eigenvalue weighted by molar-refractivity contribution is 6.32. The predicted octanol–water partition coefficient (Wildman–Crippen LogP) is 3.84. The van der Waals surface area contributed by atoms with Crippen molar-refractivity contribution in [3.8, 4) is 11.8 Å². The number of likely N-dealkylation sites (tertiary alicyclic amines) is 1. The van der Waals surface area contributed by atoms with Crippen LogP contribution in [0.3, 0.4) is 0 Å². The quantitative estimate of drug-likeness (QED) is 0.264. The largest absolute Gasteiger partial charge is 0.506 e. The number of hydrogen-bond donors (Lipinski definition) is 4. The minimum atomic E-state index is 0.00398. The van der Waals surface area contributed by atoms with Gasteiger partial charge in [-0.1, -0.05) is 17.7 Å². The number of aliphatic hydroxyl groups is 1. The van der Waals surface area contributed by atoms with E-state index in [0.717, 1.165) is 57.7 Å². The van der Waals surface area contributed by atoms with Crippen molar-refractivity contribution in [2.24, 2.45) is 22.1 Å². The molecule has 2 aromatic rings. The van der Waals surface area contributed by atoms with Crippen molar-refractivity contribution in [1.29, 1.82) is 10.7 Å². The van der Waals surface area contributed by atoms with Crippen molar-refractivity contribution in [2.45, 2.75) is 38.6 Å². The summed E-state index contributed by atoms with van der Waals surface area (Å²) in [4.78, 5) is 17.3. The second-order valence-corrected chi connectivity index (χ2v) is 9.78. The topological polar surface area (TPSA) is 147 Å². The van der Waals surface area contributed by atoms with E-state index in [1.165, 1.54) is 6.07 Å². The van der Waals surface area contributed by atoms with Gasteiger partial charge >= 0.3 is 0 Å². The Bertz CT molecular complexity index is 1170. The first-order chi connectivity index (χ1) is 17.3. The maximum Gasteiger partial charge on any atom is 0.134 e. The second-order valence-electron chi connectivity index (χ2n) is 9.37. The predicted molar refractivity (Wildman–Crippen MR) is 140 cm³/mol. The van der Waals surface area contributed by atoms with Crippen molar-refractivity contribution < 1.29 is 15.0 Å². The second kappa shape index (κ2) is 12.0. The lowest BCUT2D eigenvalue weighted by molar-refractivity contribution is -0.111. The van der Waals surface area contributed by atoms with Crippen molar-refractivity contribution in [3.63, 3.8) is 0 Å². The van der Waals surface area contributed by atoms with Crippen molar-refractivity contribution >= 4 is 29.6 Å². The minimum absolute atomic E-state index is 0.00398. The molecule has 2 fully saturated rings. The van der Waals surface area contributed by atoms with Gasteiger partial charge in [-0.2, -0.15) is 5.26 Å². The van der Waals surface area contributed by atoms with Gasteiger partial charge in [0, 0.05) is 37.7 Å². The molecule has 0 aromatic heterocycles. The van der Waals surface area contributed by atoms with Gasteiger partial charge in [-0.3, -0.25) is 10.4 Å². The van der Waals surface area contributed by atoms with E-state index in [2.05, 4.69) is 16.0 Å². The van der Waals surface area contributed by atoms with Crippen LogP contribution in [0, 0.1) is 28.1 Å². The van der Waals surface area contributed by atoms with Gasteiger partial charge in [0.05, 0.1) is 23.2 Å². The summed E-state index contributed by atoms with van der Waals surface area (Å²) in [5.74, 6) is 1.14. The number of nitrogens with zero attached hydrogens (tertiary/aromatic N) is 3. The van der Waals surface area contributed by atoms with Crippen LogP contribution in [-0.4, -0.2) is 53.3 Å². The summed E-state index contributed by atoms with van der Waals surface area (Å²) >= 11 is 5.98. The van der Waals surface area contributed by atoms with E-state index < -0.39 is 0 Å². The summed E-state index contributed by atoms with van der Waals surface area (Å²) in [6.07, 6.45) is 5.93. The third-order valence-corrected chi connectivity index (χ3v) is 7.44. The molecule has 1 saturated heterocycles. The van der Waals surface area contributed by atoms with Gasteiger partial charge in [-0.15, -0.1) is 0 Å². The Labute approximate surface area is 216 Å². The monoisotopic (exact) mass is 509 g/mol. The molecule has 0 radical (unpaired) electrons. The van der Waals surface area contributed by atoms with Crippen LogP contribution in [0.4, 0.5) is 0 Å². The van der Waals surface area contributed by atoms with E-state index in [-0.39, 0.29) is 23.2 Å². The van der Waals surface area contributed by atoms with Gasteiger partial charge in [0.2, 0.25) is 0 Å². The van der Waals surface area contributed by atoms with Crippen LogP contribution < -0.4 is 5.73 Å². The highest BCUT2D eigenvalue weighted by atomic mass is 35.5. The number of nitrogens with one attached hydrogen (secondary N) is 1. The van der Waals surface area contributed by atoms with Crippen LogP contribution in [0.1, 0.15) is 54.4 Å². The lowest BCUT2D eigenvalue weighted by atomic mass is 9.57. The molecule has 2 aromatic carbocycles. The number of hydrogen-bond acceptors (Lipinski definition) is 6. The van der Waals surface area contributed by atoms with E-state index >= 15 is 0 Å². The number of phenols is 1. The molecule has 36 heavy (non-hydrogen) atoms. The maximum absolute atomic E-state index is 10.8. The Morgan fingerprint density at radius 2 is 1.94 bits per heavy atom. The summed E-state index contributed by atoms with van der Waals surface area (Å²) in [7, 11) is 1.00. The SMILES string of the molecule is CO.N#Cc1ccc(C(=N)N2CCC3(CC2)CC(CC=O)C3)c(C(N)=NCc2ccc(O)c(Cl)c2)c1. The average Bonchev–Trinajstić information content (AvgIpc) is 2.89.